The van der Waals surface area contributed by atoms with Crippen LogP contribution in [0.2, 0.25) is 0 Å². The van der Waals surface area contributed by atoms with Crippen molar-refractivity contribution in [3.63, 3.8) is 0 Å². The third kappa shape index (κ3) is 5.62. The average molecular weight is 503 g/mol. The summed E-state index contributed by atoms with van der Waals surface area (Å²) >= 11 is 8.10. The summed E-state index contributed by atoms with van der Waals surface area (Å²) in [6.45, 7) is 3.88. The Morgan fingerprint density at radius 1 is 1.48 bits per heavy atom. The smallest absolute Gasteiger partial charge is 0.269 e. The van der Waals surface area contributed by atoms with Gasteiger partial charge >= 0.3 is 0 Å². The molecule has 2 aliphatic heterocycles. The summed E-state index contributed by atoms with van der Waals surface area (Å²) in [7, 11) is 0. The molecular weight excluding hydrogens is 484 g/mol. The zero-order valence-electron chi connectivity index (χ0n) is 17.1. The number of nitriles is 1. The quantitative estimate of drug-likeness (QED) is 0.178. The molecule has 1 fully saturated rings. The number of carbonyl (C=O) groups is 2. The molecule has 1 N–H and O–H groups in total. The van der Waals surface area contributed by atoms with Gasteiger partial charge in [0.1, 0.15) is 23.7 Å². The van der Waals surface area contributed by atoms with Gasteiger partial charge in [-0.25, -0.2) is 0 Å². The second kappa shape index (κ2) is 11.1. The van der Waals surface area contributed by atoms with Gasteiger partial charge in [0, 0.05) is 24.0 Å². The van der Waals surface area contributed by atoms with Crippen molar-refractivity contribution in [3.8, 4) is 6.07 Å². The number of hydrogen-bond acceptors (Lipinski definition) is 9. The fourth-order valence-electron chi connectivity index (χ4n) is 3.14. The van der Waals surface area contributed by atoms with Crippen molar-refractivity contribution in [2.24, 2.45) is 0 Å². The van der Waals surface area contributed by atoms with Gasteiger partial charge < -0.3 is 10.1 Å². The molecule has 1 saturated heterocycles. The number of ether oxygens (including phenoxy) is 1. The number of thiocarbonyl (C=S) groups is 1. The van der Waals surface area contributed by atoms with Crippen molar-refractivity contribution < 1.29 is 19.2 Å². The van der Waals surface area contributed by atoms with E-state index < -0.39 is 11.0 Å². The van der Waals surface area contributed by atoms with Crippen LogP contribution in [0.15, 0.2) is 59.7 Å². The minimum Gasteiger partial charge on any atom is -0.477 e. The number of allylic oxidation sites excluding steroid dienone is 2. The lowest BCUT2D eigenvalue weighted by molar-refractivity contribution is -0.384. The predicted octanol–water partition coefficient (Wildman–Crippen LogP) is 3.05. The molecule has 0 aliphatic carbocycles. The van der Waals surface area contributed by atoms with Crippen LogP contribution in [0.5, 0.6) is 0 Å². The molecule has 1 aromatic carbocycles. The number of nitrogens with one attached hydrogen (secondary N) is 1. The van der Waals surface area contributed by atoms with E-state index in [2.05, 4.69) is 11.9 Å². The predicted molar refractivity (Wildman–Crippen MR) is 130 cm³/mol. The minimum absolute atomic E-state index is 0.0242. The Hall–Kier alpha value is -3.14. The summed E-state index contributed by atoms with van der Waals surface area (Å²) in [4.78, 5) is 36.8. The first-order valence-corrected chi connectivity index (χ1v) is 12.0. The maximum atomic E-state index is 12.8. The number of carbonyl (C=O) groups excluding carboxylic acids is 2. The highest BCUT2D eigenvalue weighted by Gasteiger charge is 2.53. The van der Waals surface area contributed by atoms with E-state index in [1.807, 2.05) is 6.07 Å². The lowest BCUT2D eigenvalue weighted by Crippen LogP contribution is -2.70. The van der Waals surface area contributed by atoms with Crippen molar-refractivity contribution in [1.82, 2.24) is 10.2 Å². The van der Waals surface area contributed by atoms with Crippen molar-refractivity contribution >= 4 is 58.3 Å². The van der Waals surface area contributed by atoms with E-state index in [0.29, 0.717) is 17.0 Å². The molecule has 1 unspecified atom stereocenters. The van der Waals surface area contributed by atoms with Crippen LogP contribution in [-0.2, 0) is 20.9 Å². The number of benzene rings is 1. The molecule has 0 bridgehead atoms. The number of nitrogens with zero attached hydrogens (tertiary/aromatic N) is 3. The second-order valence-corrected chi connectivity index (χ2v) is 9.15. The molecule has 0 radical (unpaired) electrons. The van der Waals surface area contributed by atoms with Gasteiger partial charge in [-0.15, -0.1) is 23.5 Å². The van der Waals surface area contributed by atoms with Gasteiger partial charge in [0.05, 0.1) is 16.7 Å². The van der Waals surface area contributed by atoms with E-state index in [1.54, 1.807) is 18.2 Å². The third-order valence-corrected chi connectivity index (χ3v) is 7.10. The number of β-lactam (4-membered cyclic amide) rings is 1. The summed E-state index contributed by atoms with van der Waals surface area (Å²) in [5.41, 5.74) is 1.87. The van der Waals surface area contributed by atoms with Crippen molar-refractivity contribution in [2.45, 2.75) is 18.0 Å². The number of nitro benzene ring substituents is 1. The van der Waals surface area contributed by atoms with E-state index >= 15 is 0 Å². The Kier molecular flexibility index (Phi) is 8.26. The number of hydrogen-bond donors (Lipinski definition) is 1. The lowest BCUT2D eigenvalue weighted by atomic mass is 10.0. The van der Waals surface area contributed by atoms with Crippen LogP contribution in [0.1, 0.15) is 5.56 Å². The van der Waals surface area contributed by atoms with Crippen LogP contribution in [0.4, 0.5) is 5.69 Å². The van der Waals surface area contributed by atoms with Gasteiger partial charge in [-0.2, -0.15) is 5.26 Å². The molecule has 2 heterocycles. The van der Waals surface area contributed by atoms with Crippen molar-refractivity contribution in [3.05, 3.63) is 75.4 Å². The highest BCUT2D eigenvalue weighted by molar-refractivity contribution is 8.02. The molecule has 2 atom stereocenters. The molecule has 12 heteroatoms. The average Bonchev–Trinajstić information content (AvgIpc) is 2.82. The fourth-order valence-corrected chi connectivity index (χ4v) is 5.25. The van der Waals surface area contributed by atoms with Gasteiger partial charge in [-0.1, -0.05) is 12.7 Å². The van der Waals surface area contributed by atoms with Crippen LogP contribution in [0.3, 0.4) is 0 Å². The molecule has 1 aromatic rings. The Bertz CT molecular complexity index is 1090. The fraction of sp³-hybridized carbons (Fsp3) is 0.238. The molecule has 2 aliphatic rings. The summed E-state index contributed by atoms with van der Waals surface area (Å²) in [6, 6.07) is 7.07. The zero-order chi connectivity index (χ0) is 24.0. The van der Waals surface area contributed by atoms with E-state index in [9.17, 15) is 19.7 Å². The Balaban J connectivity index is 1.64. The summed E-state index contributed by atoms with van der Waals surface area (Å²) < 4.78 is 5.72. The van der Waals surface area contributed by atoms with Gasteiger partial charge in [-0.05, 0) is 40.9 Å². The highest BCUT2D eigenvalue weighted by atomic mass is 32.2. The van der Waals surface area contributed by atoms with E-state index in [4.69, 9.17) is 22.2 Å². The van der Waals surface area contributed by atoms with E-state index in [0.717, 1.165) is 17.3 Å². The normalized spacial score (nSPS) is 19.4. The van der Waals surface area contributed by atoms with Crippen LogP contribution in [0, 0.1) is 21.4 Å². The highest BCUT2D eigenvalue weighted by Crippen LogP contribution is 2.41. The van der Waals surface area contributed by atoms with Crippen LogP contribution >= 0.6 is 35.7 Å². The van der Waals surface area contributed by atoms with Crippen LogP contribution in [0.25, 0.3) is 0 Å². The van der Waals surface area contributed by atoms with Gasteiger partial charge in [-0.3, -0.25) is 24.6 Å². The van der Waals surface area contributed by atoms with Crippen LogP contribution < -0.4 is 5.32 Å². The Labute approximate surface area is 203 Å². The number of amides is 2. The molecule has 0 spiro atoms. The number of nitro groups is 1. The summed E-state index contributed by atoms with van der Waals surface area (Å²) in [5.74, 6) is 0.0313. The molecule has 0 saturated carbocycles. The molecule has 33 heavy (non-hydrogen) atoms. The van der Waals surface area contributed by atoms with E-state index in [-0.39, 0.29) is 40.3 Å². The van der Waals surface area contributed by atoms with Gasteiger partial charge in [0.15, 0.2) is 0 Å². The Morgan fingerprint density at radius 3 is 2.85 bits per heavy atom. The first-order chi connectivity index (χ1) is 15.9. The summed E-state index contributed by atoms with van der Waals surface area (Å²) in [5, 5.41) is 23.3. The monoisotopic (exact) mass is 502 g/mol. The van der Waals surface area contributed by atoms with Crippen LogP contribution in [-0.4, -0.2) is 49.6 Å². The molecule has 9 nitrogen and oxygen atoms in total. The second-order valence-electron chi connectivity index (χ2n) is 6.78. The van der Waals surface area contributed by atoms with Gasteiger partial charge in [0.2, 0.25) is 11.0 Å². The van der Waals surface area contributed by atoms with Crippen molar-refractivity contribution in [2.75, 3.05) is 11.5 Å². The first kappa shape index (κ1) is 24.5. The minimum atomic E-state index is -0.679. The SMILES string of the molecule is C=CC1=C(C(=S)OCc2ccc([N+](=O)[O-])cc2)N2C(=O)C(NC(=O)CS/C=C\C#N)[C@H]2SC1. The molecular formula is C21H18N4O5S3. The maximum Gasteiger partial charge on any atom is 0.269 e. The van der Waals surface area contributed by atoms with Gasteiger partial charge in [0.25, 0.3) is 11.6 Å². The standard InChI is InChI=1S/C21H18N4O5S3/c1-2-14-11-33-20-17(23-16(26)12-32-9-3-8-22)19(27)24(20)18(14)21(31)30-10-13-4-6-15(7-5-13)25(28)29/h2-7,9,17,20H,1,10-12H2,(H,23,26)/b9-3-/t17?,20-/m1/s1. The molecule has 2 amide bonds. The number of thioether (sulfide) groups is 2. The molecule has 0 aromatic heterocycles. The molecule has 3 rings (SSSR count). The Morgan fingerprint density at radius 2 is 2.21 bits per heavy atom. The third-order valence-electron chi connectivity index (χ3n) is 4.72. The first-order valence-electron chi connectivity index (χ1n) is 9.53. The number of non-ortho nitro benzene ring substituents is 1. The van der Waals surface area contributed by atoms with Crippen molar-refractivity contribution in [1.29, 1.82) is 5.26 Å². The molecule has 170 valence electrons. The maximum absolute atomic E-state index is 12.8. The number of fused-ring (bicyclic) bond motifs is 1. The number of rotatable bonds is 9. The largest absolute Gasteiger partial charge is 0.477 e. The topological polar surface area (TPSA) is 126 Å². The summed E-state index contributed by atoms with van der Waals surface area (Å²) in [6.07, 6.45) is 2.90. The lowest BCUT2D eigenvalue weighted by Gasteiger charge is -2.50. The zero-order valence-corrected chi connectivity index (χ0v) is 19.6. The van der Waals surface area contributed by atoms with E-state index in [1.165, 1.54) is 40.3 Å².